The molecule has 30 heavy (non-hydrogen) atoms. The van der Waals surface area contributed by atoms with E-state index in [1.165, 1.54) is 4.90 Å². The molecule has 5 rings (SSSR count). The van der Waals surface area contributed by atoms with Crippen molar-refractivity contribution in [2.75, 3.05) is 22.6 Å². The van der Waals surface area contributed by atoms with Crippen LogP contribution in [0, 0.1) is 0 Å². The Morgan fingerprint density at radius 2 is 1.73 bits per heavy atom. The number of rotatable bonds is 3. The quantitative estimate of drug-likeness (QED) is 0.695. The zero-order chi connectivity index (χ0) is 20.9. The van der Waals surface area contributed by atoms with Gasteiger partial charge in [-0.2, -0.15) is 0 Å². The van der Waals surface area contributed by atoms with Gasteiger partial charge in [0.15, 0.2) is 0 Å². The molecule has 0 fully saturated rings. The second-order valence-corrected chi connectivity index (χ2v) is 7.38. The molecule has 0 radical (unpaired) electrons. The number of benzene rings is 3. The van der Waals surface area contributed by atoms with E-state index in [1.807, 2.05) is 48.5 Å². The minimum absolute atomic E-state index is 0.265. The predicted octanol–water partition coefficient (Wildman–Crippen LogP) is 4.14. The molecule has 2 amide bonds. The van der Waals surface area contributed by atoms with Crippen LogP contribution in [0.25, 0.3) is 0 Å². The molecule has 6 nitrogen and oxygen atoms in total. The predicted molar refractivity (Wildman–Crippen MR) is 116 cm³/mol. The van der Waals surface area contributed by atoms with Crippen LogP contribution in [0.4, 0.5) is 17.1 Å². The number of nitrogens with one attached hydrogen (secondary N) is 2. The molecule has 3 aromatic rings. The summed E-state index contributed by atoms with van der Waals surface area (Å²) in [4.78, 5) is 28.9. The highest BCUT2D eigenvalue weighted by Gasteiger charge is 2.57. The second-order valence-electron chi connectivity index (χ2n) is 7.38. The third-order valence-corrected chi connectivity index (χ3v) is 5.80. The molecule has 0 unspecified atom stereocenters. The number of para-hydroxylation sites is 3. The summed E-state index contributed by atoms with van der Waals surface area (Å²) in [7, 11) is 1.55. The molecule has 150 valence electrons. The minimum atomic E-state index is -1.42. The largest absolute Gasteiger partial charge is 0.495 e. The lowest BCUT2D eigenvalue weighted by atomic mass is 9.91. The summed E-state index contributed by atoms with van der Waals surface area (Å²) in [6.45, 7) is 2.06. The van der Waals surface area contributed by atoms with E-state index in [0.29, 0.717) is 28.4 Å². The summed E-state index contributed by atoms with van der Waals surface area (Å²) >= 11 is 0. The molecule has 0 aliphatic carbocycles. The average Bonchev–Trinajstić information content (AvgIpc) is 3.05. The van der Waals surface area contributed by atoms with Gasteiger partial charge in [-0.05, 0) is 48.4 Å². The normalized spacial score (nSPS) is 19.2. The van der Waals surface area contributed by atoms with Crippen LogP contribution in [-0.4, -0.2) is 18.9 Å². The number of anilines is 3. The van der Waals surface area contributed by atoms with E-state index < -0.39 is 5.66 Å². The van der Waals surface area contributed by atoms with Crippen LogP contribution < -0.4 is 20.3 Å². The zero-order valence-corrected chi connectivity index (χ0v) is 16.7. The topological polar surface area (TPSA) is 70.7 Å². The highest BCUT2D eigenvalue weighted by Crippen LogP contribution is 2.49. The van der Waals surface area contributed by atoms with Gasteiger partial charge in [0, 0.05) is 16.9 Å². The first-order valence-corrected chi connectivity index (χ1v) is 9.89. The number of amides is 2. The lowest BCUT2D eigenvalue weighted by molar-refractivity contribution is -0.119. The van der Waals surface area contributed by atoms with Gasteiger partial charge in [-0.25, -0.2) is 0 Å². The number of carbonyl (C=O) groups is 2. The van der Waals surface area contributed by atoms with E-state index in [-0.39, 0.29) is 11.8 Å². The third kappa shape index (κ3) is 2.37. The van der Waals surface area contributed by atoms with Gasteiger partial charge < -0.3 is 15.4 Å². The van der Waals surface area contributed by atoms with E-state index in [4.69, 9.17) is 4.74 Å². The Kier molecular flexibility index (Phi) is 4.03. The second kappa shape index (κ2) is 6.62. The lowest BCUT2D eigenvalue weighted by Gasteiger charge is -2.44. The van der Waals surface area contributed by atoms with Crippen molar-refractivity contribution >= 4 is 28.9 Å². The number of aryl methyl sites for hydroxylation is 1. The van der Waals surface area contributed by atoms with Crippen LogP contribution >= 0.6 is 0 Å². The van der Waals surface area contributed by atoms with Gasteiger partial charge in [-0.15, -0.1) is 0 Å². The van der Waals surface area contributed by atoms with E-state index in [2.05, 4.69) is 17.6 Å². The Morgan fingerprint density at radius 1 is 0.967 bits per heavy atom. The minimum Gasteiger partial charge on any atom is -0.495 e. The number of ether oxygens (including phenoxy) is 1. The molecule has 2 N–H and O–H groups in total. The molecular weight excluding hydrogens is 378 g/mol. The average molecular weight is 399 g/mol. The van der Waals surface area contributed by atoms with Gasteiger partial charge in [0.2, 0.25) is 5.66 Å². The molecule has 1 spiro atoms. The number of nitrogens with zero attached hydrogens (tertiary/aromatic N) is 1. The monoisotopic (exact) mass is 399 g/mol. The third-order valence-electron chi connectivity index (χ3n) is 5.80. The molecule has 2 aliphatic heterocycles. The van der Waals surface area contributed by atoms with Gasteiger partial charge in [0.25, 0.3) is 11.8 Å². The van der Waals surface area contributed by atoms with E-state index in [9.17, 15) is 9.59 Å². The molecule has 0 aromatic heterocycles. The lowest BCUT2D eigenvalue weighted by Crippen LogP contribution is -2.61. The van der Waals surface area contributed by atoms with Gasteiger partial charge in [0.05, 0.1) is 18.4 Å². The summed E-state index contributed by atoms with van der Waals surface area (Å²) in [5.74, 6) is -0.0578. The van der Waals surface area contributed by atoms with E-state index in [1.54, 1.807) is 25.3 Å². The maximum atomic E-state index is 13.8. The SMILES string of the molecule is CCc1ccc2c(c1)[C@@]1(Nc3ccccc3C(=O)N1c1ccccc1OC)C(=O)N2. The number of carbonyl (C=O) groups excluding carboxylic acids is 2. The maximum Gasteiger partial charge on any atom is 0.276 e. The number of methoxy groups -OCH3 is 1. The highest BCUT2D eigenvalue weighted by atomic mass is 16.5. The Bertz CT molecular complexity index is 1190. The van der Waals surface area contributed by atoms with Crippen molar-refractivity contribution in [2.45, 2.75) is 19.0 Å². The first-order valence-electron chi connectivity index (χ1n) is 9.89. The molecule has 0 bridgehead atoms. The Labute approximate surface area is 174 Å². The van der Waals surface area contributed by atoms with Gasteiger partial charge >= 0.3 is 0 Å². The molecule has 0 saturated carbocycles. The van der Waals surface area contributed by atoms with Crippen LogP contribution in [0.5, 0.6) is 5.75 Å². The van der Waals surface area contributed by atoms with Crippen LogP contribution in [0.2, 0.25) is 0 Å². The van der Waals surface area contributed by atoms with Gasteiger partial charge in [0.1, 0.15) is 5.75 Å². The summed E-state index contributed by atoms with van der Waals surface area (Å²) in [5.41, 5.74) is 2.73. The van der Waals surface area contributed by atoms with Crippen LogP contribution in [0.1, 0.15) is 28.4 Å². The Balaban J connectivity index is 1.84. The van der Waals surface area contributed by atoms with Crippen molar-refractivity contribution in [3.05, 3.63) is 83.4 Å². The standard InChI is InChI=1S/C24H21N3O3/c1-3-15-12-13-19-17(14-15)24(23(29)25-19)26-18-9-5-4-8-16(18)22(28)27(24)20-10-6-7-11-21(20)30-2/h4-14,26H,3H2,1-2H3,(H,25,29)/t24-/m0/s1. The van der Waals surface area contributed by atoms with Gasteiger partial charge in [-0.1, -0.05) is 37.3 Å². The molecule has 2 heterocycles. The Hall–Kier alpha value is -3.80. The zero-order valence-electron chi connectivity index (χ0n) is 16.7. The van der Waals surface area contributed by atoms with Crippen LogP contribution in [-0.2, 0) is 16.9 Å². The van der Waals surface area contributed by atoms with E-state index in [0.717, 1.165) is 17.5 Å². The number of hydrogen-bond acceptors (Lipinski definition) is 4. The van der Waals surface area contributed by atoms with Gasteiger partial charge in [-0.3, -0.25) is 14.5 Å². The fourth-order valence-electron chi connectivity index (χ4n) is 4.31. The van der Waals surface area contributed by atoms with E-state index >= 15 is 0 Å². The molecule has 1 atom stereocenters. The van der Waals surface area contributed by atoms with Crippen molar-refractivity contribution in [2.24, 2.45) is 0 Å². The highest BCUT2D eigenvalue weighted by molar-refractivity contribution is 6.22. The molecule has 2 aliphatic rings. The van der Waals surface area contributed by atoms with Crippen molar-refractivity contribution in [1.82, 2.24) is 0 Å². The van der Waals surface area contributed by atoms with Crippen molar-refractivity contribution < 1.29 is 14.3 Å². The van der Waals surface area contributed by atoms with Crippen LogP contribution in [0.3, 0.4) is 0 Å². The molecule has 3 aromatic carbocycles. The summed E-state index contributed by atoms with van der Waals surface area (Å²) in [6, 6.07) is 20.4. The summed E-state index contributed by atoms with van der Waals surface area (Å²) in [5, 5.41) is 6.36. The fourth-order valence-corrected chi connectivity index (χ4v) is 4.31. The number of hydrogen-bond donors (Lipinski definition) is 2. The smallest absolute Gasteiger partial charge is 0.276 e. The summed E-state index contributed by atoms with van der Waals surface area (Å²) < 4.78 is 5.55. The van der Waals surface area contributed by atoms with Crippen molar-refractivity contribution in [1.29, 1.82) is 0 Å². The first kappa shape index (κ1) is 18.2. The Morgan fingerprint density at radius 3 is 2.53 bits per heavy atom. The molecule has 0 saturated heterocycles. The van der Waals surface area contributed by atoms with Crippen molar-refractivity contribution in [3.63, 3.8) is 0 Å². The van der Waals surface area contributed by atoms with Crippen molar-refractivity contribution in [3.8, 4) is 5.75 Å². The summed E-state index contributed by atoms with van der Waals surface area (Å²) in [6.07, 6.45) is 0.816. The fraction of sp³-hybridized carbons (Fsp3) is 0.167. The molecular formula is C24H21N3O3. The van der Waals surface area contributed by atoms with Crippen LogP contribution in [0.15, 0.2) is 66.7 Å². The first-order chi connectivity index (χ1) is 14.6. The maximum absolute atomic E-state index is 13.8. The number of fused-ring (bicyclic) bond motifs is 3. The molecule has 6 heteroatoms.